The van der Waals surface area contributed by atoms with E-state index in [2.05, 4.69) is 26.8 Å². The van der Waals surface area contributed by atoms with Crippen molar-refractivity contribution in [3.63, 3.8) is 0 Å². The Kier molecular flexibility index (Phi) is 4.78. The average molecular weight is 347 g/mol. The van der Waals surface area contributed by atoms with Gasteiger partial charge in [-0.2, -0.15) is 5.10 Å². The molecule has 1 spiro atoms. The second-order valence-corrected chi connectivity index (χ2v) is 7.68. The lowest BCUT2D eigenvalue weighted by Gasteiger charge is -2.44. The van der Waals surface area contributed by atoms with Crippen LogP contribution in [-0.4, -0.2) is 69.4 Å². The van der Waals surface area contributed by atoms with Crippen molar-refractivity contribution in [2.24, 2.45) is 5.41 Å². The zero-order valence-corrected chi connectivity index (χ0v) is 15.2. The molecule has 1 aromatic rings. The van der Waals surface area contributed by atoms with E-state index in [4.69, 9.17) is 4.74 Å². The molecule has 1 aromatic heterocycles. The molecule has 3 fully saturated rings. The topological polar surface area (TPSA) is 63.5 Å². The van der Waals surface area contributed by atoms with E-state index in [0.29, 0.717) is 11.9 Å². The fourth-order valence-electron chi connectivity index (χ4n) is 4.79. The van der Waals surface area contributed by atoms with Gasteiger partial charge in [0, 0.05) is 38.9 Å². The van der Waals surface area contributed by atoms with E-state index in [9.17, 15) is 4.79 Å². The quantitative estimate of drug-likeness (QED) is 0.821. The van der Waals surface area contributed by atoms with Gasteiger partial charge in [0.1, 0.15) is 12.2 Å². The summed E-state index contributed by atoms with van der Waals surface area (Å²) in [6.07, 6.45) is 6.75. The fourth-order valence-corrected chi connectivity index (χ4v) is 4.79. The van der Waals surface area contributed by atoms with Gasteiger partial charge in [0.05, 0.1) is 12.0 Å². The highest BCUT2D eigenvalue weighted by molar-refractivity contribution is 5.84. The zero-order valence-electron chi connectivity index (χ0n) is 15.2. The minimum atomic E-state index is -0.173. The molecule has 25 heavy (non-hydrogen) atoms. The van der Waals surface area contributed by atoms with Crippen molar-refractivity contribution in [2.75, 3.05) is 32.8 Å². The highest BCUT2D eigenvalue weighted by atomic mass is 16.5. The Hall–Kier alpha value is -1.47. The number of carbonyl (C=O) groups excluding carboxylic acids is 1. The molecule has 0 aromatic carbocycles. The minimum Gasteiger partial charge on any atom is -0.381 e. The van der Waals surface area contributed by atoms with Crippen LogP contribution in [-0.2, 0) is 22.6 Å². The number of aryl methyl sites for hydroxylation is 1. The van der Waals surface area contributed by atoms with Gasteiger partial charge in [0.15, 0.2) is 0 Å². The predicted molar refractivity (Wildman–Crippen MR) is 92.8 cm³/mol. The summed E-state index contributed by atoms with van der Waals surface area (Å²) in [5.41, 5.74) is -0.173. The molecule has 3 aliphatic rings. The van der Waals surface area contributed by atoms with Crippen LogP contribution in [0.4, 0.5) is 0 Å². The first-order valence-electron chi connectivity index (χ1n) is 9.70. The van der Waals surface area contributed by atoms with Gasteiger partial charge >= 0.3 is 0 Å². The maximum atomic E-state index is 13.3. The first-order valence-corrected chi connectivity index (χ1v) is 9.70. The van der Waals surface area contributed by atoms with Crippen LogP contribution in [0.2, 0.25) is 0 Å². The summed E-state index contributed by atoms with van der Waals surface area (Å²) < 4.78 is 7.43. The van der Waals surface area contributed by atoms with Crippen molar-refractivity contribution in [3.8, 4) is 0 Å². The third kappa shape index (κ3) is 3.19. The van der Waals surface area contributed by atoms with Gasteiger partial charge in [-0.05, 0) is 45.6 Å². The lowest BCUT2D eigenvalue weighted by molar-refractivity contribution is -0.150. The number of hydrogen-bond donors (Lipinski definition) is 0. The van der Waals surface area contributed by atoms with Crippen LogP contribution in [0.1, 0.15) is 44.9 Å². The van der Waals surface area contributed by atoms with Gasteiger partial charge < -0.3 is 9.64 Å². The van der Waals surface area contributed by atoms with E-state index >= 15 is 0 Å². The van der Waals surface area contributed by atoms with Gasteiger partial charge in [0.2, 0.25) is 5.91 Å². The van der Waals surface area contributed by atoms with E-state index in [-0.39, 0.29) is 5.41 Å². The first kappa shape index (κ1) is 17.0. The van der Waals surface area contributed by atoms with E-state index in [1.54, 1.807) is 6.33 Å². The Morgan fingerprint density at radius 3 is 2.92 bits per heavy atom. The monoisotopic (exact) mass is 347 g/mol. The molecule has 138 valence electrons. The molecule has 7 nitrogen and oxygen atoms in total. The molecule has 3 aliphatic heterocycles. The van der Waals surface area contributed by atoms with Crippen molar-refractivity contribution >= 4 is 5.91 Å². The maximum Gasteiger partial charge on any atom is 0.230 e. The summed E-state index contributed by atoms with van der Waals surface area (Å²) in [5, 5.41) is 4.26. The van der Waals surface area contributed by atoms with Crippen molar-refractivity contribution in [3.05, 3.63) is 12.2 Å². The molecule has 1 amide bonds. The fraction of sp³-hybridized carbons (Fsp3) is 0.833. The molecule has 3 saturated heterocycles. The molecule has 4 heterocycles. The lowest BCUT2D eigenvalue weighted by Crippen LogP contribution is -2.54. The molecule has 0 N–H and O–H groups in total. The Bertz CT molecular complexity index is 612. The van der Waals surface area contributed by atoms with Gasteiger partial charge in [-0.1, -0.05) is 0 Å². The Labute approximate surface area is 149 Å². The molecule has 7 heteroatoms. The standard InChI is InChI=1S/C18H29N5O2/c1-2-23-16(19-14-20-23)12-21-9-7-18(13-21)6-3-8-22(17(18)24)15-4-10-25-11-5-15/h14-15H,2-13H2,1H3. The number of aromatic nitrogens is 3. The van der Waals surface area contributed by atoms with Crippen molar-refractivity contribution in [1.82, 2.24) is 24.6 Å². The number of carbonyl (C=O) groups is 1. The van der Waals surface area contributed by atoms with Crippen LogP contribution in [0.25, 0.3) is 0 Å². The van der Waals surface area contributed by atoms with E-state index in [1.807, 2.05) is 4.68 Å². The van der Waals surface area contributed by atoms with Crippen LogP contribution in [0.3, 0.4) is 0 Å². The summed E-state index contributed by atoms with van der Waals surface area (Å²) in [6, 6.07) is 0.385. The minimum absolute atomic E-state index is 0.173. The van der Waals surface area contributed by atoms with Gasteiger partial charge in [-0.25, -0.2) is 9.67 Å². The number of likely N-dealkylation sites (tertiary alicyclic amines) is 2. The molecule has 0 bridgehead atoms. The molecule has 0 saturated carbocycles. The molecular formula is C18H29N5O2. The lowest BCUT2D eigenvalue weighted by atomic mass is 9.77. The highest BCUT2D eigenvalue weighted by Gasteiger charge is 2.49. The normalized spacial score (nSPS) is 29.0. The number of amides is 1. The third-order valence-corrected chi connectivity index (χ3v) is 6.19. The van der Waals surface area contributed by atoms with Crippen LogP contribution >= 0.6 is 0 Å². The Balaban J connectivity index is 1.44. The highest BCUT2D eigenvalue weighted by Crippen LogP contribution is 2.41. The van der Waals surface area contributed by atoms with E-state index < -0.39 is 0 Å². The molecule has 1 atom stereocenters. The number of piperidine rings is 1. The number of rotatable bonds is 4. The van der Waals surface area contributed by atoms with Crippen molar-refractivity contribution < 1.29 is 9.53 Å². The van der Waals surface area contributed by atoms with Crippen molar-refractivity contribution in [1.29, 1.82) is 0 Å². The van der Waals surface area contributed by atoms with Crippen LogP contribution in [0, 0.1) is 5.41 Å². The summed E-state index contributed by atoms with van der Waals surface area (Å²) in [6.45, 7) is 8.06. The first-order chi connectivity index (χ1) is 12.2. The smallest absolute Gasteiger partial charge is 0.230 e. The molecule has 1 unspecified atom stereocenters. The molecule has 0 radical (unpaired) electrons. The van der Waals surface area contributed by atoms with Crippen LogP contribution in [0.5, 0.6) is 0 Å². The Morgan fingerprint density at radius 1 is 1.28 bits per heavy atom. The predicted octanol–water partition coefficient (Wildman–Crippen LogP) is 1.29. The zero-order chi connectivity index (χ0) is 17.3. The largest absolute Gasteiger partial charge is 0.381 e. The van der Waals surface area contributed by atoms with Crippen LogP contribution in [0.15, 0.2) is 6.33 Å². The summed E-state index contributed by atoms with van der Waals surface area (Å²) in [4.78, 5) is 22.3. The summed E-state index contributed by atoms with van der Waals surface area (Å²) in [7, 11) is 0. The van der Waals surface area contributed by atoms with Gasteiger partial charge in [0.25, 0.3) is 0 Å². The molecular weight excluding hydrogens is 318 g/mol. The van der Waals surface area contributed by atoms with Crippen LogP contribution < -0.4 is 0 Å². The summed E-state index contributed by atoms with van der Waals surface area (Å²) in [5.74, 6) is 1.40. The average Bonchev–Trinajstić information content (AvgIpc) is 3.26. The van der Waals surface area contributed by atoms with Gasteiger partial charge in [-0.3, -0.25) is 9.69 Å². The second kappa shape index (κ2) is 7.03. The van der Waals surface area contributed by atoms with Crippen molar-refractivity contribution in [2.45, 2.75) is 58.2 Å². The maximum absolute atomic E-state index is 13.3. The van der Waals surface area contributed by atoms with Gasteiger partial charge in [-0.15, -0.1) is 0 Å². The summed E-state index contributed by atoms with van der Waals surface area (Å²) >= 11 is 0. The molecule has 0 aliphatic carbocycles. The van der Waals surface area contributed by atoms with E-state index in [1.165, 1.54) is 0 Å². The molecule has 4 rings (SSSR count). The third-order valence-electron chi connectivity index (χ3n) is 6.19. The number of hydrogen-bond acceptors (Lipinski definition) is 5. The number of nitrogens with zero attached hydrogens (tertiary/aromatic N) is 5. The second-order valence-electron chi connectivity index (χ2n) is 7.68. The number of ether oxygens (including phenoxy) is 1. The SMILES string of the molecule is CCn1ncnc1CN1CCC2(CCCN(C3CCOCC3)C2=O)C1. The van der Waals surface area contributed by atoms with E-state index in [0.717, 1.165) is 83.9 Å². The Morgan fingerprint density at radius 2 is 2.12 bits per heavy atom.